The van der Waals surface area contributed by atoms with Crippen molar-refractivity contribution in [2.75, 3.05) is 39.6 Å². The van der Waals surface area contributed by atoms with E-state index >= 15 is 0 Å². The van der Waals surface area contributed by atoms with Gasteiger partial charge >= 0.3 is 53.4 Å². The Morgan fingerprint density at radius 1 is 0.338 bits per heavy atom. The van der Waals surface area contributed by atoms with Gasteiger partial charge in [0.2, 0.25) is 0 Å². The van der Waals surface area contributed by atoms with Gasteiger partial charge in [0.25, 0.3) is 0 Å². The predicted molar refractivity (Wildman–Crippen MR) is 261 cm³/mol. The van der Waals surface area contributed by atoms with Crippen LogP contribution in [0.15, 0.2) is 24.3 Å². The summed E-state index contributed by atoms with van der Waals surface area (Å²) in [5.74, 6) is -2.50. The zero-order chi connectivity index (χ0) is 49.8. The Labute approximate surface area is 395 Å². The molecular weight excluding hydrogens is 945 g/mol. The molecule has 0 aromatic rings. The highest BCUT2D eigenvalue weighted by Crippen LogP contribution is 2.39. The molecule has 0 spiro atoms. The molecule has 0 aromatic heterocycles. The van der Waals surface area contributed by atoms with Crippen molar-refractivity contribution in [3.8, 4) is 0 Å². The SMILES string of the molecule is CC=CC(=O)OCCC[Si](O[Si](C)(C)CCCOC(C)=O)(O[Si](C)(C)CCCOC(C)=O)O[Si](CCCOC(=O)C=CC)(O[Si](C)(C)CCCOC(C)=O)O[Si](C)(C)CCCOC(C)=O. The fourth-order valence-electron chi connectivity index (χ4n) is 6.70. The lowest BCUT2D eigenvalue weighted by Gasteiger charge is -2.49. The molecule has 0 saturated heterocycles. The van der Waals surface area contributed by atoms with Crippen LogP contribution in [0.3, 0.4) is 0 Å². The van der Waals surface area contributed by atoms with Crippen LogP contribution in [0.5, 0.6) is 0 Å². The highest BCUT2D eigenvalue weighted by Gasteiger charge is 2.59. The molecule has 0 aliphatic carbocycles. The minimum atomic E-state index is -4.06. The second-order valence-electron chi connectivity index (χ2n) is 18.2. The average molecular weight is 1030 g/mol. The Balaban J connectivity index is 8.00. The van der Waals surface area contributed by atoms with Crippen LogP contribution in [-0.4, -0.2) is 126 Å². The summed E-state index contributed by atoms with van der Waals surface area (Å²) in [6.07, 6.45) is 8.64. The van der Waals surface area contributed by atoms with Crippen LogP contribution in [0.2, 0.25) is 88.6 Å². The van der Waals surface area contributed by atoms with Crippen molar-refractivity contribution in [3.63, 3.8) is 0 Å². The summed E-state index contributed by atoms with van der Waals surface area (Å²) in [5.41, 5.74) is 0. The molecule has 0 atom stereocenters. The fraction of sp³-hybridized carbons (Fsp3) is 0.762. The standard InChI is InChI=1S/C42H82O17Si6/c1-15-23-41(47)53-29-21-35-64(55-60(7,8)31-17-25-49-37(3)43,56-61(9,10)32-18-26-50-38(4)44)59-65(36-22-30-54-42(48)24-16-2,57-62(11,12)33-19-27-51-39(5)45)58-63(13,14)34-20-28-52-40(6)46/h15-16,23-24H,17-22,25-36H2,1-14H3. The summed E-state index contributed by atoms with van der Waals surface area (Å²) >= 11 is 0. The molecular formula is C42H82O17Si6. The number of carbonyl (C=O) groups excluding carboxylic acids is 6. The maximum Gasteiger partial charge on any atom is 0.472 e. The molecule has 0 N–H and O–H groups in total. The van der Waals surface area contributed by atoms with E-state index in [1.54, 1.807) is 26.0 Å². The van der Waals surface area contributed by atoms with E-state index in [4.69, 9.17) is 49.0 Å². The minimum absolute atomic E-state index is 0.0425. The molecule has 0 bridgehead atoms. The number of ether oxygens (including phenoxy) is 6. The van der Waals surface area contributed by atoms with E-state index in [-0.39, 0.29) is 75.6 Å². The monoisotopic (exact) mass is 1030 g/mol. The topological polar surface area (TPSA) is 204 Å². The maximum atomic E-state index is 12.5. The van der Waals surface area contributed by atoms with Gasteiger partial charge in [-0.1, -0.05) is 12.2 Å². The van der Waals surface area contributed by atoms with Gasteiger partial charge in [-0.25, -0.2) is 9.59 Å². The Morgan fingerprint density at radius 2 is 0.554 bits per heavy atom. The second kappa shape index (κ2) is 31.4. The first-order chi connectivity index (χ1) is 30.1. The van der Waals surface area contributed by atoms with Gasteiger partial charge in [0.1, 0.15) is 0 Å². The molecule has 0 fully saturated rings. The molecule has 0 heterocycles. The maximum absolute atomic E-state index is 12.5. The van der Waals surface area contributed by atoms with Crippen LogP contribution in [0.4, 0.5) is 0 Å². The molecule has 65 heavy (non-hydrogen) atoms. The third-order valence-corrected chi connectivity index (χ3v) is 33.8. The molecule has 17 nitrogen and oxygen atoms in total. The van der Waals surface area contributed by atoms with E-state index in [0.29, 0.717) is 62.7 Å². The second-order valence-corrected chi connectivity index (χ2v) is 42.1. The van der Waals surface area contributed by atoms with Gasteiger partial charge in [-0.3, -0.25) is 19.2 Å². The van der Waals surface area contributed by atoms with Crippen molar-refractivity contribution in [2.45, 2.75) is 169 Å². The molecule has 0 unspecified atom stereocenters. The first-order valence-electron chi connectivity index (χ1n) is 22.7. The van der Waals surface area contributed by atoms with E-state index in [1.807, 2.05) is 0 Å². The van der Waals surface area contributed by atoms with Gasteiger partial charge in [0.05, 0.1) is 39.6 Å². The van der Waals surface area contributed by atoms with Crippen LogP contribution in [0.1, 0.15) is 80.1 Å². The summed E-state index contributed by atoms with van der Waals surface area (Å²) in [4.78, 5) is 71.8. The minimum Gasteiger partial charge on any atom is -0.466 e. The van der Waals surface area contributed by atoms with Crippen molar-refractivity contribution >= 4 is 86.7 Å². The lowest BCUT2D eigenvalue weighted by Crippen LogP contribution is -2.68. The smallest absolute Gasteiger partial charge is 0.466 e. The molecule has 0 amide bonds. The number of hydrogen-bond acceptors (Lipinski definition) is 17. The van der Waals surface area contributed by atoms with Gasteiger partial charge in [0, 0.05) is 51.9 Å². The Kier molecular flexibility index (Phi) is 30.2. The summed E-state index contributed by atoms with van der Waals surface area (Å²) in [5, 5.41) is 0. The predicted octanol–water partition coefficient (Wildman–Crippen LogP) is 8.60. The van der Waals surface area contributed by atoms with Crippen LogP contribution >= 0.6 is 0 Å². The fourth-order valence-corrected chi connectivity index (χ4v) is 34.5. The first kappa shape index (κ1) is 62.4. The number of allylic oxidation sites excluding steroid dienone is 2. The summed E-state index contributed by atoms with van der Waals surface area (Å²) in [7, 11) is -19.3. The zero-order valence-corrected chi connectivity index (χ0v) is 48.0. The molecule has 0 saturated carbocycles. The van der Waals surface area contributed by atoms with Crippen LogP contribution in [0.25, 0.3) is 0 Å². The molecule has 0 aliphatic rings. The third-order valence-electron chi connectivity index (χ3n) is 9.30. The molecule has 23 heteroatoms. The van der Waals surface area contributed by atoms with Crippen molar-refractivity contribution in [2.24, 2.45) is 0 Å². The van der Waals surface area contributed by atoms with Crippen molar-refractivity contribution < 1.29 is 77.8 Å². The molecule has 0 rings (SSSR count). The zero-order valence-electron chi connectivity index (χ0n) is 42.0. The quantitative estimate of drug-likeness (QED) is 0.0189. The normalized spacial score (nSPS) is 12.9. The van der Waals surface area contributed by atoms with Crippen molar-refractivity contribution in [1.29, 1.82) is 0 Å². The van der Waals surface area contributed by atoms with E-state index < -0.39 is 62.8 Å². The number of hydrogen-bond donors (Lipinski definition) is 0. The molecule has 0 aliphatic heterocycles. The van der Waals surface area contributed by atoms with Crippen molar-refractivity contribution in [1.82, 2.24) is 0 Å². The Hall–Kier alpha value is -2.60. The lowest BCUT2D eigenvalue weighted by atomic mass is 10.5. The highest BCUT2D eigenvalue weighted by atomic mass is 28.5. The number of esters is 6. The summed E-state index contributed by atoms with van der Waals surface area (Å²) in [6.45, 7) is 26.3. The van der Waals surface area contributed by atoms with Crippen LogP contribution < -0.4 is 0 Å². The van der Waals surface area contributed by atoms with Crippen LogP contribution in [-0.2, 0) is 77.8 Å². The lowest BCUT2D eigenvalue weighted by molar-refractivity contribution is -0.141. The first-order valence-corrected chi connectivity index (χ1v) is 39.1. The van der Waals surface area contributed by atoms with Gasteiger partial charge in [-0.05, 0) is 129 Å². The largest absolute Gasteiger partial charge is 0.472 e. The molecule has 0 aromatic carbocycles. The Bertz CT molecular complexity index is 1350. The summed E-state index contributed by atoms with van der Waals surface area (Å²) < 4.78 is 70.0. The average Bonchev–Trinajstić information content (AvgIpc) is 3.15. The summed E-state index contributed by atoms with van der Waals surface area (Å²) in [6, 6.07) is 2.76. The van der Waals surface area contributed by atoms with E-state index in [1.165, 1.54) is 39.8 Å². The molecule has 376 valence electrons. The van der Waals surface area contributed by atoms with Gasteiger partial charge in [-0.2, -0.15) is 0 Å². The van der Waals surface area contributed by atoms with Crippen molar-refractivity contribution in [3.05, 3.63) is 24.3 Å². The van der Waals surface area contributed by atoms with E-state index in [0.717, 1.165) is 0 Å². The van der Waals surface area contributed by atoms with E-state index in [2.05, 4.69) is 52.4 Å². The number of carbonyl (C=O) groups is 6. The highest BCUT2D eigenvalue weighted by molar-refractivity contribution is 6.93. The van der Waals surface area contributed by atoms with E-state index in [9.17, 15) is 28.8 Å². The van der Waals surface area contributed by atoms with Crippen LogP contribution in [0, 0.1) is 0 Å². The van der Waals surface area contributed by atoms with Gasteiger partial charge < -0.3 is 49.0 Å². The Morgan fingerprint density at radius 3 is 0.769 bits per heavy atom. The third kappa shape index (κ3) is 32.7. The molecule has 0 radical (unpaired) electrons. The number of rotatable bonds is 36. The van der Waals surface area contributed by atoms with Gasteiger partial charge in [-0.15, -0.1) is 0 Å². The van der Waals surface area contributed by atoms with Gasteiger partial charge in [0.15, 0.2) is 33.3 Å².